The average molecular weight is 155 g/mol. The first kappa shape index (κ1) is 7.82. The van der Waals surface area contributed by atoms with Crippen molar-refractivity contribution in [1.82, 2.24) is 10.2 Å². The van der Waals surface area contributed by atoms with Gasteiger partial charge in [0.25, 0.3) is 6.26 Å². The van der Waals surface area contributed by atoms with Gasteiger partial charge in [-0.2, -0.15) is 0 Å². The van der Waals surface area contributed by atoms with E-state index >= 15 is 0 Å². The number of rotatable bonds is 0. The van der Waals surface area contributed by atoms with Crippen LogP contribution >= 0.6 is 0 Å². The number of hydrogen-bond donors (Lipinski definition) is 1. The van der Waals surface area contributed by atoms with Crippen LogP contribution in [-0.4, -0.2) is 37.2 Å². The summed E-state index contributed by atoms with van der Waals surface area (Å²) >= 11 is 0. The molecule has 0 radical (unpaired) electrons. The topological polar surface area (TPSA) is 65.4 Å². The maximum absolute atomic E-state index is 10.9. The van der Waals surface area contributed by atoms with Crippen molar-refractivity contribution in [3.05, 3.63) is 0 Å². The molecule has 1 saturated heterocycles. The van der Waals surface area contributed by atoms with Gasteiger partial charge in [-0.3, -0.25) is 0 Å². The number of nitrogens with zero attached hydrogens (tertiary/aromatic N) is 2. The Hall–Kier alpha value is -1.28. The first-order chi connectivity index (χ1) is 5.34. The average Bonchev–Trinajstić information content (AvgIpc) is 2.07. The maximum atomic E-state index is 10.9. The molecule has 5 heteroatoms. The Labute approximate surface area is 64.5 Å². The van der Waals surface area contributed by atoms with Crippen LogP contribution in [0.2, 0.25) is 0 Å². The molecule has 1 fully saturated rings. The van der Waals surface area contributed by atoms with E-state index in [2.05, 4.69) is 10.1 Å². The van der Waals surface area contributed by atoms with Crippen LogP contribution in [0.3, 0.4) is 0 Å². The van der Waals surface area contributed by atoms with Gasteiger partial charge in [0, 0.05) is 26.2 Å². The summed E-state index contributed by atoms with van der Waals surface area (Å²) in [6.45, 7) is 2.75. The summed E-state index contributed by atoms with van der Waals surface area (Å²) in [5.74, 6) is 0. The number of carbonyl (C=O) groups excluding carboxylic acids is 1. The Morgan fingerprint density at radius 1 is 1.55 bits per heavy atom. The number of hydrogen-bond acceptors (Lipinski definition) is 4. The zero-order valence-corrected chi connectivity index (χ0v) is 6.04. The highest BCUT2D eigenvalue weighted by molar-refractivity contribution is 5.68. The Morgan fingerprint density at radius 2 is 2.18 bits per heavy atom. The van der Waals surface area contributed by atoms with E-state index in [-0.39, 0.29) is 0 Å². The molecule has 0 bridgehead atoms. The lowest BCUT2D eigenvalue weighted by molar-refractivity contribution is 0.136. The Balaban J connectivity index is 2.34. The van der Waals surface area contributed by atoms with Gasteiger partial charge in [0.1, 0.15) is 0 Å². The number of carbonyl (C=O) groups is 1. The highest BCUT2D eigenvalue weighted by Crippen LogP contribution is 1.94. The normalized spacial score (nSPS) is 17.2. The summed E-state index contributed by atoms with van der Waals surface area (Å²) in [6.07, 6.45) is 0.806. The van der Waals surface area contributed by atoms with E-state index in [1.165, 1.54) is 11.2 Å². The predicted molar refractivity (Wildman–Crippen MR) is 36.5 cm³/mol. The molecule has 1 amide bonds. The van der Waals surface area contributed by atoms with Crippen LogP contribution in [0.15, 0.2) is 0 Å². The van der Waals surface area contributed by atoms with E-state index in [9.17, 15) is 4.79 Å². The lowest BCUT2D eigenvalue weighted by Gasteiger charge is -2.24. The highest BCUT2D eigenvalue weighted by atomic mass is 16.5. The van der Waals surface area contributed by atoms with Crippen molar-refractivity contribution in [3.8, 4) is 6.26 Å². The number of nitriles is 1. The third kappa shape index (κ3) is 2.09. The maximum Gasteiger partial charge on any atom is 0.425 e. The molecule has 0 aliphatic carbocycles. The molecule has 60 valence electrons. The van der Waals surface area contributed by atoms with Crippen LogP contribution in [0.5, 0.6) is 0 Å². The molecular formula is C6H9N3O2. The van der Waals surface area contributed by atoms with E-state index < -0.39 is 6.09 Å². The molecular weight excluding hydrogens is 146 g/mol. The first-order valence-corrected chi connectivity index (χ1v) is 3.40. The minimum atomic E-state index is -0.547. The molecule has 1 N–H and O–H groups in total. The Morgan fingerprint density at radius 3 is 2.73 bits per heavy atom. The standard InChI is InChI=1S/C6H9N3O2/c7-5-11-6(10)9-3-1-8-2-4-9/h8H,1-4H2. The minimum absolute atomic E-state index is 0.547. The molecule has 11 heavy (non-hydrogen) atoms. The van der Waals surface area contributed by atoms with Crippen LogP contribution in [0.1, 0.15) is 0 Å². The zero-order valence-electron chi connectivity index (χ0n) is 6.04. The molecule has 0 unspecified atom stereocenters. The lowest BCUT2D eigenvalue weighted by Crippen LogP contribution is -2.46. The third-order valence-corrected chi connectivity index (χ3v) is 1.51. The number of piperazine rings is 1. The minimum Gasteiger partial charge on any atom is -0.333 e. The van der Waals surface area contributed by atoms with Crippen molar-refractivity contribution in [2.75, 3.05) is 26.2 Å². The summed E-state index contributed by atoms with van der Waals surface area (Å²) in [5, 5.41) is 11.1. The fourth-order valence-electron chi connectivity index (χ4n) is 0.951. The van der Waals surface area contributed by atoms with E-state index in [1.807, 2.05) is 0 Å². The summed E-state index contributed by atoms with van der Waals surface area (Å²) in [7, 11) is 0. The molecule has 0 aromatic rings. The van der Waals surface area contributed by atoms with Crippen molar-refractivity contribution in [3.63, 3.8) is 0 Å². The summed E-state index contributed by atoms with van der Waals surface area (Å²) in [6, 6.07) is 0. The molecule has 1 heterocycles. The second-order valence-electron chi connectivity index (χ2n) is 2.20. The van der Waals surface area contributed by atoms with E-state index in [0.29, 0.717) is 13.1 Å². The fraction of sp³-hybridized carbons (Fsp3) is 0.667. The lowest BCUT2D eigenvalue weighted by atomic mass is 10.4. The van der Waals surface area contributed by atoms with Crippen LogP contribution in [-0.2, 0) is 4.74 Å². The Kier molecular flexibility index (Phi) is 2.69. The second kappa shape index (κ2) is 3.78. The van der Waals surface area contributed by atoms with Gasteiger partial charge >= 0.3 is 6.09 Å². The molecule has 1 aliphatic heterocycles. The van der Waals surface area contributed by atoms with Gasteiger partial charge in [0.15, 0.2) is 0 Å². The molecule has 0 spiro atoms. The Bertz CT molecular complexity index is 181. The van der Waals surface area contributed by atoms with Gasteiger partial charge in [0.05, 0.1) is 0 Å². The molecule has 0 atom stereocenters. The van der Waals surface area contributed by atoms with Crippen molar-refractivity contribution in [1.29, 1.82) is 5.26 Å². The van der Waals surface area contributed by atoms with Crippen molar-refractivity contribution in [2.24, 2.45) is 0 Å². The van der Waals surface area contributed by atoms with Crippen LogP contribution < -0.4 is 5.32 Å². The monoisotopic (exact) mass is 155 g/mol. The predicted octanol–water partition coefficient (Wildman–Crippen LogP) is -0.491. The summed E-state index contributed by atoms with van der Waals surface area (Å²) in [5.41, 5.74) is 0. The van der Waals surface area contributed by atoms with Gasteiger partial charge in [0.2, 0.25) is 0 Å². The number of nitrogens with one attached hydrogen (secondary N) is 1. The molecule has 0 aromatic heterocycles. The van der Waals surface area contributed by atoms with Crippen LogP contribution in [0.25, 0.3) is 0 Å². The second-order valence-corrected chi connectivity index (χ2v) is 2.20. The van der Waals surface area contributed by atoms with Gasteiger partial charge in [-0.1, -0.05) is 0 Å². The van der Waals surface area contributed by atoms with Crippen molar-refractivity contribution < 1.29 is 9.53 Å². The molecule has 0 aromatic carbocycles. The third-order valence-electron chi connectivity index (χ3n) is 1.51. The molecule has 1 rings (SSSR count). The van der Waals surface area contributed by atoms with E-state index in [4.69, 9.17) is 5.26 Å². The van der Waals surface area contributed by atoms with Crippen LogP contribution in [0, 0.1) is 11.5 Å². The smallest absolute Gasteiger partial charge is 0.333 e. The number of amides is 1. The molecule has 1 aliphatic rings. The molecule has 5 nitrogen and oxygen atoms in total. The van der Waals surface area contributed by atoms with E-state index in [0.717, 1.165) is 13.1 Å². The molecule has 0 saturated carbocycles. The van der Waals surface area contributed by atoms with Gasteiger partial charge in [-0.25, -0.2) is 4.79 Å². The van der Waals surface area contributed by atoms with Gasteiger partial charge < -0.3 is 15.0 Å². The van der Waals surface area contributed by atoms with E-state index in [1.54, 1.807) is 0 Å². The number of ether oxygens (including phenoxy) is 1. The van der Waals surface area contributed by atoms with Gasteiger partial charge in [-0.15, -0.1) is 5.26 Å². The SMILES string of the molecule is N#COC(=O)N1CCNCC1. The largest absolute Gasteiger partial charge is 0.425 e. The highest BCUT2D eigenvalue weighted by Gasteiger charge is 2.16. The summed E-state index contributed by atoms with van der Waals surface area (Å²) < 4.78 is 4.15. The van der Waals surface area contributed by atoms with Crippen LogP contribution in [0.4, 0.5) is 4.79 Å². The van der Waals surface area contributed by atoms with Crippen molar-refractivity contribution in [2.45, 2.75) is 0 Å². The zero-order chi connectivity index (χ0) is 8.10. The van der Waals surface area contributed by atoms with Gasteiger partial charge in [-0.05, 0) is 0 Å². The fourth-order valence-corrected chi connectivity index (χ4v) is 0.951. The summed E-state index contributed by atoms with van der Waals surface area (Å²) in [4.78, 5) is 12.4. The first-order valence-electron chi connectivity index (χ1n) is 3.40. The van der Waals surface area contributed by atoms with Crippen molar-refractivity contribution >= 4 is 6.09 Å². The quantitative estimate of drug-likeness (QED) is 0.479.